The van der Waals surface area contributed by atoms with Crippen LogP contribution in [0.2, 0.25) is 0 Å². The number of aromatic nitrogens is 3. The third-order valence-electron chi connectivity index (χ3n) is 2.55. The molecule has 5 heteroatoms. The van der Waals surface area contributed by atoms with E-state index in [1.807, 2.05) is 31.0 Å². The first-order valence-corrected chi connectivity index (χ1v) is 6.67. The Morgan fingerprint density at radius 1 is 1.53 bits per heavy atom. The maximum atomic E-state index is 4.48. The van der Waals surface area contributed by atoms with Gasteiger partial charge < -0.3 is 5.32 Å². The first kappa shape index (κ1) is 12.3. The van der Waals surface area contributed by atoms with E-state index >= 15 is 0 Å². The van der Waals surface area contributed by atoms with Crippen molar-refractivity contribution in [3.05, 3.63) is 34.0 Å². The largest absolute Gasteiger partial charge is 0.304 e. The van der Waals surface area contributed by atoms with Crippen molar-refractivity contribution in [1.29, 1.82) is 0 Å². The van der Waals surface area contributed by atoms with Crippen LogP contribution in [0.4, 0.5) is 0 Å². The third kappa shape index (κ3) is 2.92. The van der Waals surface area contributed by atoms with Gasteiger partial charge in [-0.05, 0) is 26.0 Å². The van der Waals surface area contributed by atoms with E-state index < -0.39 is 0 Å². The minimum atomic E-state index is 0.169. The van der Waals surface area contributed by atoms with Gasteiger partial charge in [0.05, 0.1) is 16.7 Å². The first-order valence-electron chi connectivity index (χ1n) is 5.86. The fraction of sp³-hybridized carbons (Fsp3) is 0.500. The molecule has 0 aliphatic rings. The van der Waals surface area contributed by atoms with Crippen LogP contribution in [0.3, 0.4) is 0 Å². The summed E-state index contributed by atoms with van der Waals surface area (Å²) in [7, 11) is 1.94. The molecule has 0 saturated heterocycles. The Morgan fingerprint density at radius 2 is 2.35 bits per heavy atom. The van der Waals surface area contributed by atoms with E-state index in [1.165, 1.54) is 4.88 Å². The molecule has 0 fully saturated rings. The van der Waals surface area contributed by atoms with E-state index in [0.29, 0.717) is 0 Å². The van der Waals surface area contributed by atoms with Crippen LogP contribution in [0.25, 0.3) is 0 Å². The fourth-order valence-electron chi connectivity index (χ4n) is 1.74. The summed E-state index contributed by atoms with van der Waals surface area (Å²) in [4.78, 5) is 5.55. The van der Waals surface area contributed by atoms with Gasteiger partial charge in [0.15, 0.2) is 0 Å². The number of thiazole rings is 1. The lowest BCUT2D eigenvalue weighted by Crippen LogP contribution is -2.23. The zero-order valence-electron chi connectivity index (χ0n) is 10.5. The Hall–Kier alpha value is -1.20. The van der Waals surface area contributed by atoms with Gasteiger partial charge in [0, 0.05) is 24.3 Å². The van der Waals surface area contributed by atoms with Gasteiger partial charge in [-0.3, -0.25) is 4.68 Å². The van der Waals surface area contributed by atoms with Gasteiger partial charge in [-0.15, -0.1) is 11.3 Å². The van der Waals surface area contributed by atoms with Crippen LogP contribution < -0.4 is 5.32 Å². The maximum Gasteiger partial charge on any atom is 0.0897 e. The number of nitrogens with one attached hydrogen (secondary N) is 1. The van der Waals surface area contributed by atoms with E-state index in [2.05, 4.69) is 28.4 Å². The van der Waals surface area contributed by atoms with Crippen LogP contribution in [0.5, 0.6) is 0 Å². The molecule has 1 unspecified atom stereocenters. The Kier molecular flexibility index (Phi) is 3.91. The van der Waals surface area contributed by atoms with Crippen molar-refractivity contribution in [2.45, 2.75) is 26.3 Å². The molecular weight excluding hydrogens is 232 g/mol. The van der Waals surface area contributed by atoms with Crippen LogP contribution in [-0.4, -0.2) is 21.3 Å². The lowest BCUT2D eigenvalue weighted by atomic mass is 10.2. The van der Waals surface area contributed by atoms with Crippen molar-refractivity contribution in [3.8, 4) is 0 Å². The normalized spacial score (nSPS) is 12.9. The number of aryl methyl sites for hydroxylation is 2. The van der Waals surface area contributed by atoms with Crippen LogP contribution in [0, 0.1) is 6.92 Å². The summed E-state index contributed by atoms with van der Waals surface area (Å²) in [5, 5.41) is 9.10. The number of rotatable bonds is 5. The van der Waals surface area contributed by atoms with Gasteiger partial charge in [0.25, 0.3) is 0 Å². The highest BCUT2D eigenvalue weighted by Crippen LogP contribution is 2.25. The molecule has 0 amide bonds. The average molecular weight is 250 g/mol. The first-order chi connectivity index (χ1) is 8.20. The average Bonchev–Trinajstić information content (AvgIpc) is 2.89. The van der Waals surface area contributed by atoms with Crippen molar-refractivity contribution in [1.82, 2.24) is 20.1 Å². The van der Waals surface area contributed by atoms with Crippen LogP contribution >= 0.6 is 11.3 Å². The molecule has 0 spiro atoms. The minimum Gasteiger partial charge on any atom is -0.304 e. The maximum absolute atomic E-state index is 4.48. The molecule has 0 bridgehead atoms. The molecule has 1 atom stereocenters. The van der Waals surface area contributed by atoms with E-state index in [1.54, 1.807) is 11.3 Å². The van der Waals surface area contributed by atoms with E-state index in [9.17, 15) is 0 Å². The van der Waals surface area contributed by atoms with Crippen LogP contribution in [0.15, 0.2) is 18.5 Å². The lowest BCUT2D eigenvalue weighted by Gasteiger charge is -2.14. The van der Waals surface area contributed by atoms with E-state index in [-0.39, 0.29) is 6.04 Å². The molecule has 17 heavy (non-hydrogen) atoms. The van der Waals surface area contributed by atoms with E-state index in [0.717, 1.165) is 23.7 Å². The molecule has 2 aromatic rings. The second-order valence-corrected chi connectivity index (χ2v) is 5.35. The summed E-state index contributed by atoms with van der Waals surface area (Å²) in [5.74, 6) is 0. The monoisotopic (exact) mass is 250 g/mol. The highest BCUT2D eigenvalue weighted by molar-refractivity contribution is 7.11. The highest BCUT2D eigenvalue weighted by Gasteiger charge is 2.17. The Morgan fingerprint density at radius 3 is 2.88 bits per heavy atom. The lowest BCUT2D eigenvalue weighted by molar-refractivity contribution is 0.581. The van der Waals surface area contributed by atoms with Crippen molar-refractivity contribution >= 4 is 11.3 Å². The van der Waals surface area contributed by atoms with Crippen molar-refractivity contribution in [2.24, 2.45) is 7.05 Å². The van der Waals surface area contributed by atoms with Gasteiger partial charge in [0.1, 0.15) is 0 Å². The number of hydrogen-bond donors (Lipinski definition) is 1. The minimum absolute atomic E-state index is 0.169. The van der Waals surface area contributed by atoms with E-state index in [4.69, 9.17) is 0 Å². The molecule has 1 N–H and O–H groups in total. The molecule has 0 aromatic carbocycles. The zero-order chi connectivity index (χ0) is 12.3. The molecule has 4 nitrogen and oxygen atoms in total. The number of nitrogens with zero attached hydrogens (tertiary/aromatic N) is 3. The molecule has 0 saturated carbocycles. The van der Waals surface area contributed by atoms with Gasteiger partial charge in [-0.25, -0.2) is 4.98 Å². The summed E-state index contributed by atoms with van der Waals surface area (Å²) in [6.07, 6.45) is 5.03. The van der Waals surface area contributed by atoms with Gasteiger partial charge >= 0.3 is 0 Å². The Balaban J connectivity index is 2.24. The molecule has 2 heterocycles. The van der Waals surface area contributed by atoms with Gasteiger partial charge in [-0.1, -0.05) is 6.92 Å². The predicted octanol–water partition coefficient (Wildman–Crippen LogP) is 2.27. The molecule has 2 aromatic heterocycles. The Labute approximate surface area is 106 Å². The third-order valence-corrected chi connectivity index (χ3v) is 3.53. The smallest absolute Gasteiger partial charge is 0.0897 e. The molecule has 2 rings (SSSR count). The predicted molar refractivity (Wildman–Crippen MR) is 70.2 cm³/mol. The highest BCUT2D eigenvalue weighted by atomic mass is 32.1. The quantitative estimate of drug-likeness (QED) is 0.885. The summed E-state index contributed by atoms with van der Waals surface area (Å²) >= 11 is 1.73. The molecular formula is C12H18N4S. The zero-order valence-corrected chi connectivity index (χ0v) is 11.3. The van der Waals surface area contributed by atoms with Crippen molar-refractivity contribution < 1.29 is 0 Å². The fourth-order valence-corrected chi connectivity index (χ4v) is 2.61. The van der Waals surface area contributed by atoms with Gasteiger partial charge in [0.2, 0.25) is 0 Å². The van der Waals surface area contributed by atoms with Crippen molar-refractivity contribution in [2.75, 3.05) is 6.54 Å². The molecule has 0 aliphatic carbocycles. The second kappa shape index (κ2) is 5.42. The summed E-state index contributed by atoms with van der Waals surface area (Å²) in [6.45, 7) is 5.18. The standard InChI is InChI=1S/C12H18N4S/c1-4-6-13-12(10-5-7-16(3)15-10)11-8-14-9(2)17-11/h5,7-8,12-13H,4,6H2,1-3H3. The van der Waals surface area contributed by atoms with Crippen LogP contribution in [-0.2, 0) is 7.05 Å². The number of hydrogen-bond acceptors (Lipinski definition) is 4. The Bertz CT molecular complexity index is 434. The second-order valence-electron chi connectivity index (χ2n) is 4.08. The van der Waals surface area contributed by atoms with Gasteiger partial charge in [-0.2, -0.15) is 5.10 Å². The topological polar surface area (TPSA) is 42.7 Å². The SMILES string of the molecule is CCCNC(c1ccn(C)n1)c1cnc(C)s1. The molecule has 92 valence electrons. The molecule has 0 aliphatic heterocycles. The summed E-state index contributed by atoms with van der Waals surface area (Å²) in [6, 6.07) is 2.23. The summed E-state index contributed by atoms with van der Waals surface area (Å²) < 4.78 is 1.84. The molecule has 0 radical (unpaired) electrons. The van der Waals surface area contributed by atoms with Crippen molar-refractivity contribution in [3.63, 3.8) is 0 Å². The van der Waals surface area contributed by atoms with Crippen LogP contribution in [0.1, 0.15) is 35.0 Å². The summed E-state index contributed by atoms with van der Waals surface area (Å²) in [5.41, 5.74) is 1.06.